The van der Waals surface area contributed by atoms with E-state index in [9.17, 15) is 0 Å². The average molecular weight is 544 g/mol. The van der Waals surface area contributed by atoms with Gasteiger partial charge in [0, 0.05) is 52.9 Å². The van der Waals surface area contributed by atoms with Crippen molar-refractivity contribution in [2.24, 2.45) is 16.8 Å². The van der Waals surface area contributed by atoms with Gasteiger partial charge in [0.05, 0.1) is 13.2 Å². The van der Waals surface area contributed by atoms with Crippen LogP contribution < -0.4 is 10.6 Å². The molecule has 1 atom stereocenters. The smallest absolute Gasteiger partial charge is 0.191 e. The third-order valence-electron chi connectivity index (χ3n) is 6.07. The van der Waals surface area contributed by atoms with Crippen LogP contribution in [0.3, 0.4) is 0 Å². The largest absolute Gasteiger partial charge is 0.379 e. The molecule has 1 aromatic carbocycles. The SMILES string of the molecule is CN=C(NCc1ccccc1CN1CCOCC1)NCC1CCCN(CC(C)C)C1.I. The third-order valence-corrected chi connectivity index (χ3v) is 6.07. The molecule has 7 heteroatoms. The summed E-state index contributed by atoms with van der Waals surface area (Å²) in [5.74, 6) is 2.34. The van der Waals surface area contributed by atoms with E-state index in [1.807, 2.05) is 7.05 Å². The highest BCUT2D eigenvalue weighted by atomic mass is 127. The quantitative estimate of drug-likeness (QED) is 0.300. The van der Waals surface area contributed by atoms with Gasteiger partial charge in [-0.05, 0) is 42.3 Å². The fraction of sp³-hybridized carbons (Fsp3) is 0.708. The molecule has 0 radical (unpaired) electrons. The van der Waals surface area contributed by atoms with Crippen LogP contribution >= 0.6 is 24.0 Å². The second-order valence-corrected chi connectivity index (χ2v) is 9.13. The maximum atomic E-state index is 5.48. The molecule has 6 nitrogen and oxygen atoms in total. The number of morpholine rings is 1. The fourth-order valence-electron chi connectivity index (χ4n) is 4.53. The van der Waals surface area contributed by atoms with Crippen molar-refractivity contribution in [3.63, 3.8) is 0 Å². The molecular formula is C24H42IN5O. The lowest BCUT2D eigenvalue weighted by Crippen LogP contribution is -2.45. The molecule has 2 saturated heterocycles. The number of benzene rings is 1. The molecule has 3 rings (SSSR count). The van der Waals surface area contributed by atoms with Gasteiger partial charge < -0.3 is 20.3 Å². The first-order valence-corrected chi connectivity index (χ1v) is 11.7. The lowest BCUT2D eigenvalue weighted by molar-refractivity contribution is 0.0341. The van der Waals surface area contributed by atoms with Crippen LogP contribution in [0.15, 0.2) is 29.3 Å². The summed E-state index contributed by atoms with van der Waals surface area (Å²) in [6, 6.07) is 8.73. The van der Waals surface area contributed by atoms with E-state index in [0.29, 0.717) is 5.92 Å². The number of rotatable bonds is 8. The molecular weight excluding hydrogens is 501 g/mol. The van der Waals surface area contributed by atoms with Gasteiger partial charge in [-0.3, -0.25) is 9.89 Å². The Kier molecular flexibility index (Phi) is 12.1. The fourth-order valence-corrected chi connectivity index (χ4v) is 4.53. The molecule has 2 aliphatic rings. The Bertz CT molecular complexity index is 663. The van der Waals surface area contributed by atoms with Gasteiger partial charge in [-0.15, -0.1) is 24.0 Å². The summed E-state index contributed by atoms with van der Waals surface area (Å²) in [6.07, 6.45) is 2.61. The van der Waals surface area contributed by atoms with Crippen LogP contribution in [0.1, 0.15) is 37.8 Å². The summed E-state index contributed by atoms with van der Waals surface area (Å²) in [5.41, 5.74) is 2.73. The maximum Gasteiger partial charge on any atom is 0.191 e. The zero-order valence-corrected chi connectivity index (χ0v) is 21.9. The van der Waals surface area contributed by atoms with E-state index in [1.54, 1.807) is 0 Å². The van der Waals surface area contributed by atoms with Crippen LogP contribution in [0, 0.1) is 11.8 Å². The van der Waals surface area contributed by atoms with Gasteiger partial charge in [0.15, 0.2) is 5.96 Å². The number of aliphatic imine (C=N–C) groups is 1. The van der Waals surface area contributed by atoms with E-state index in [4.69, 9.17) is 4.74 Å². The van der Waals surface area contributed by atoms with Crippen molar-refractivity contribution < 1.29 is 4.74 Å². The van der Waals surface area contributed by atoms with E-state index in [2.05, 4.69) is 63.5 Å². The predicted octanol–water partition coefficient (Wildman–Crippen LogP) is 3.17. The van der Waals surface area contributed by atoms with Gasteiger partial charge in [-0.1, -0.05) is 38.1 Å². The molecule has 1 aromatic rings. The lowest BCUT2D eigenvalue weighted by atomic mass is 9.97. The molecule has 31 heavy (non-hydrogen) atoms. The number of hydrogen-bond donors (Lipinski definition) is 2. The highest BCUT2D eigenvalue weighted by Gasteiger charge is 2.20. The van der Waals surface area contributed by atoms with Gasteiger partial charge in [0.2, 0.25) is 0 Å². The number of nitrogens with one attached hydrogen (secondary N) is 2. The van der Waals surface area contributed by atoms with E-state index >= 15 is 0 Å². The lowest BCUT2D eigenvalue weighted by Gasteiger charge is -2.34. The van der Waals surface area contributed by atoms with E-state index < -0.39 is 0 Å². The number of halogens is 1. The van der Waals surface area contributed by atoms with Crippen LogP contribution in [0.2, 0.25) is 0 Å². The zero-order valence-electron chi connectivity index (χ0n) is 19.6. The second-order valence-electron chi connectivity index (χ2n) is 9.13. The number of guanidine groups is 1. The summed E-state index contributed by atoms with van der Waals surface area (Å²) in [7, 11) is 1.86. The van der Waals surface area contributed by atoms with Gasteiger partial charge in [-0.2, -0.15) is 0 Å². The minimum absolute atomic E-state index is 0. The van der Waals surface area contributed by atoms with E-state index in [1.165, 1.54) is 43.6 Å². The molecule has 0 aliphatic carbocycles. The molecule has 0 aromatic heterocycles. The van der Waals surface area contributed by atoms with Gasteiger partial charge in [0.1, 0.15) is 0 Å². The highest BCUT2D eigenvalue weighted by Crippen LogP contribution is 2.17. The Morgan fingerprint density at radius 3 is 2.55 bits per heavy atom. The summed E-state index contributed by atoms with van der Waals surface area (Å²) in [6.45, 7) is 14.8. The standard InChI is InChI=1S/C24H41N5O.HI/c1-20(2)17-29-10-6-7-21(18-29)15-26-24(25-3)27-16-22-8-4-5-9-23(22)19-28-11-13-30-14-12-28;/h4-5,8-9,20-21H,6-7,10-19H2,1-3H3,(H2,25,26,27);1H. The van der Waals surface area contributed by atoms with Gasteiger partial charge >= 0.3 is 0 Å². The molecule has 0 amide bonds. The molecule has 2 N–H and O–H groups in total. The summed E-state index contributed by atoms with van der Waals surface area (Å²) in [4.78, 5) is 9.55. The molecule has 2 fully saturated rings. The normalized spacial score (nSPS) is 21.0. The monoisotopic (exact) mass is 543 g/mol. The first kappa shape index (κ1) is 26.4. The molecule has 2 aliphatic heterocycles. The molecule has 1 unspecified atom stereocenters. The first-order chi connectivity index (χ1) is 14.6. The number of hydrogen-bond acceptors (Lipinski definition) is 4. The maximum absolute atomic E-state index is 5.48. The summed E-state index contributed by atoms with van der Waals surface area (Å²) in [5, 5.41) is 7.10. The van der Waals surface area contributed by atoms with Crippen LogP contribution in [-0.4, -0.2) is 75.3 Å². The number of nitrogens with zero attached hydrogens (tertiary/aromatic N) is 3. The Morgan fingerprint density at radius 2 is 1.84 bits per heavy atom. The zero-order chi connectivity index (χ0) is 21.2. The van der Waals surface area contributed by atoms with Crippen molar-refractivity contribution in [2.45, 2.75) is 39.8 Å². The van der Waals surface area contributed by atoms with Crippen molar-refractivity contribution in [2.75, 3.05) is 59.5 Å². The van der Waals surface area contributed by atoms with E-state index in [0.717, 1.165) is 57.8 Å². The van der Waals surface area contributed by atoms with Crippen molar-refractivity contribution in [3.8, 4) is 0 Å². The van der Waals surface area contributed by atoms with Crippen molar-refractivity contribution in [1.29, 1.82) is 0 Å². The van der Waals surface area contributed by atoms with Crippen LogP contribution in [0.4, 0.5) is 0 Å². The molecule has 176 valence electrons. The van der Waals surface area contributed by atoms with Crippen LogP contribution in [0.5, 0.6) is 0 Å². The minimum Gasteiger partial charge on any atom is -0.379 e. The van der Waals surface area contributed by atoms with Crippen LogP contribution in [0.25, 0.3) is 0 Å². The number of likely N-dealkylation sites (tertiary alicyclic amines) is 1. The van der Waals surface area contributed by atoms with Crippen LogP contribution in [-0.2, 0) is 17.8 Å². The minimum atomic E-state index is 0. The van der Waals surface area contributed by atoms with Gasteiger partial charge in [0.25, 0.3) is 0 Å². The number of ether oxygens (including phenoxy) is 1. The van der Waals surface area contributed by atoms with Gasteiger partial charge in [-0.25, -0.2) is 0 Å². The Morgan fingerprint density at radius 1 is 1.10 bits per heavy atom. The third kappa shape index (κ3) is 9.24. The highest BCUT2D eigenvalue weighted by molar-refractivity contribution is 14.0. The Labute approximate surface area is 206 Å². The Balaban J connectivity index is 0.00000341. The first-order valence-electron chi connectivity index (χ1n) is 11.7. The molecule has 2 heterocycles. The van der Waals surface area contributed by atoms with Crippen molar-refractivity contribution >= 4 is 29.9 Å². The topological polar surface area (TPSA) is 52.1 Å². The molecule has 0 bridgehead atoms. The summed E-state index contributed by atoms with van der Waals surface area (Å²) >= 11 is 0. The second kappa shape index (κ2) is 14.3. The summed E-state index contributed by atoms with van der Waals surface area (Å²) < 4.78 is 5.48. The van der Waals surface area contributed by atoms with Crippen molar-refractivity contribution in [1.82, 2.24) is 20.4 Å². The molecule has 0 saturated carbocycles. The molecule has 0 spiro atoms. The van der Waals surface area contributed by atoms with Crippen molar-refractivity contribution in [3.05, 3.63) is 35.4 Å². The Hall–Kier alpha value is -0.900. The average Bonchev–Trinajstić information content (AvgIpc) is 2.75. The number of piperidine rings is 1. The predicted molar refractivity (Wildman–Crippen MR) is 140 cm³/mol. The van der Waals surface area contributed by atoms with E-state index in [-0.39, 0.29) is 24.0 Å².